The Morgan fingerprint density at radius 3 is 2.50 bits per heavy atom. The van der Waals surface area contributed by atoms with Crippen LogP contribution in [0.3, 0.4) is 0 Å². The van der Waals surface area contributed by atoms with Gasteiger partial charge in [0.2, 0.25) is 5.91 Å². The number of aromatic nitrogens is 2. The molecule has 1 fully saturated rings. The summed E-state index contributed by atoms with van der Waals surface area (Å²) >= 11 is 0. The SMILES string of the molecule is C/C=C\C(=C/CC(C)(C)C#N)C(=O)Nc1ccc(C)c(-c2cc(C)cc(-c3cc(NC(=O)C4CC4)ncn3)c2)c1. The van der Waals surface area contributed by atoms with Crippen LogP contribution in [0.25, 0.3) is 22.4 Å². The highest BCUT2D eigenvalue weighted by molar-refractivity contribution is 6.06. The molecule has 0 bridgehead atoms. The first-order valence-corrected chi connectivity index (χ1v) is 13.5. The van der Waals surface area contributed by atoms with Gasteiger partial charge in [0.05, 0.1) is 17.2 Å². The molecule has 0 unspecified atom stereocenters. The van der Waals surface area contributed by atoms with Crippen molar-refractivity contribution in [2.45, 2.75) is 53.9 Å². The number of aryl methyl sites for hydroxylation is 2. The largest absolute Gasteiger partial charge is 0.322 e. The maximum atomic E-state index is 13.1. The highest BCUT2D eigenvalue weighted by atomic mass is 16.2. The van der Waals surface area contributed by atoms with Crippen molar-refractivity contribution in [3.8, 4) is 28.5 Å². The molecule has 2 N–H and O–H groups in total. The van der Waals surface area contributed by atoms with Crippen LogP contribution in [0.5, 0.6) is 0 Å². The molecule has 4 rings (SSSR count). The molecule has 3 aromatic rings. The Labute approximate surface area is 236 Å². The molecular weight excluding hydrogens is 498 g/mol. The van der Waals surface area contributed by atoms with Crippen molar-refractivity contribution in [2.24, 2.45) is 11.3 Å². The van der Waals surface area contributed by atoms with Gasteiger partial charge in [-0.05, 0) is 100 Å². The van der Waals surface area contributed by atoms with Crippen LogP contribution in [0.15, 0.2) is 72.6 Å². The van der Waals surface area contributed by atoms with Crippen LogP contribution in [-0.4, -0.2) is 21.8 Å². The van der Waals surface area contributed by atoms with E-state index in [4.69, 9.17) is 0 Å². The van der Waals surface area contributed by atoms with E-state index in [1.165, 1.54) is 6.33 Å². The number of hydrogen-bond donors (Lipinski definition) is 2. The third kappa shape index (κ3) is 7.29. The number of carbonyl (C=O) groups is 2. The van der Waals surface area contributed by atoms with E-state index in [2.05, 4.69) is 44.9 Å². The summed E-state index contributed by atoms with van der Waals surface area (Å²) in [6.07, 6.45) is 9.17. The second-order valence-electron chi connectivity index (χ2n) is 11.0. The zero-order valence-corrected chi connectivity index (χ0v) is 23.7. The zero-order chi connectivity index (χ0) is 28.9. The molecule has 1 aliphatic rings. The Kier molecular flexibility index (Phi) is 8.59. The minimum Gasteiger partial charge on any atom is -0.322 e. The van der Waals surface area contributed by atoms with Crippen LogP contribution in [0.4, 0.5) is 11.5 Å². The Morgan fingerprint density at radius 1 is 1.05 bits per heavy atom. The number of anilines is 2. The fraction of sp³-hybridized carbons (Fsp3) is 0.303. The van der Waals surface area contributed by atoms with Gasteiger partial charge in [0.1, 0.15) is 12.1 Å². The molecular formula is C33H35N5O2. The quantitative estimate of drug-likeness (QED) is 0.224. The van der Waals surface area contributed by atoms with Gasteiger partial charge in [0.15, 0.2) is 0 Å². The number of nitrogens with zero attached hydrogens (tertiary/aromatic N) is 3. The minimum absolute atomic E-state index is 0.00488. The van der Waals surface area contributed by atoms with E-state index in [0.29, 0.717) is 23.5 Å². The average molecular weight is 534 g/mol. The van der Waals surface area contributed by atoms with Gasteiger partial charge in [-0.25, -0.2) is 9.97 Å². The van der Waals surface area contributed by atoms with Crippen LogP contribution in [0.2, 0.25) is 0 Å². The summed E-state index contributed by atoms with van der Waals surface area (Å²) in [6, 6.07) is 16.1. The second kappa shape index (κ2) is 12.1. The van der Waals surface area contributed by atoms with Gasteiger partial charge < -0.3 is 10.6 Å². The van der Waals surface area contributed by atoms with E-state index in [-0.39, 0.29) is 17.7 Å². The normalized spacial score (nSPS) is 13.7. The molecule has 2 amide bonds. The smallest absolute Gasteiger partial charge is 0.255 e. The Morgan fingerprint density at radius 2 is 1.80 bits per heavy atom. The number of amides is 2. The minimum atomic E-state index is -0.555. The van der Waals surface area contributed by atoms with Crippen molar-refractivity contribution >= 4 is 23.3 Å². The maximum absolute atomic E-state index is 13.1. The molecule has 0 aliphatic heterocycles. The van der Waals surface area contributed by atoms with Gasteiger partial charge in [-0.3, -0.25) is 9.59 Å². The third-order valence-electron chi connectivity index (χ3n) is 6.79. The van der Waals surface area contributed by atoms with Crippen LogP contribution in [-0.2, 0) is 9.59 Å². The van der Waals surface area contributed by atoms with E-state index in [1.807, 2.05) is 65.0 Å². The number of rotatable bonds is 9. The topological polar surface area (TPSA) is 108 Å². The highest BCUT2D eigenvalue weighted by Crippen LogP contribution is 2.33. The fourth-order valence-corrected chi connectivity index (χ4v) is 4.28. The first kappa shape index (κ1) is 28.4. The molecule has 1 heterocycles. The van der Waals surface area contributed by atoms with Crippen molar-refractivity contribution in [1.82, 2.24) is 9.97 Å². The van der Waals surface area contributed by atoms with E-state index < -0.39 is 5.41 Å². The molecule has 1 aliphatic carbocycles. The molecule has 0 saturated heterocycles. The number of nitrogens with one attached hydrogen (secondary N) is 2. The standard InChI is InChI=1S/C33H35N5O2/c1-6-7-23(12-13-33(4,5)19-34)31(39)37-27-11-8-22(3)28(17-27)25-14-21(2)15-26(16-25)29-18-30(36-20-35-29)38-32(40)24-9-10-24/h6-8,11-12,14-18,20,24H,9-10,13H2,1-5H3,(H,37,39)(H,35,36,38,40)/b7-6-,23-12+. The Bertz CT molecular complexity index is 1540. The average Bonchev–Trinajstić information content (AvgIpc) is 3.78. The molecule has 7 nitrogen and oxygen atoms in total. The fourth-order valence-electron chi connectivity index (χ4n) is 4.28. The number of allylic oxidation sites excluding steroid dienone is 2. The first-order chi connectivity index (χ1) is 19.1. The van der Waals surface area contributed by atoms with Crippen molar-refractivity contribution in [1.29, 1.82) is 5.26 Å². The lowest BCUT2D eigenvalue weighted by atomic mass is 9.90. The molecule has 0 spiro atoms. The lowest BCUT2D eigenvalue weighted by molar-refractivity contribution is -0.117. The second-order valence-corrected chi connectivity index (χ2v) is 11.0. The summed E-state index contributed by atoms with van der Waals surface area (Å²) in [4.78, 5) is 34.0. The van der Waals surface area contributed by atoms with E-state index >= 15 is 0 Å². The number of nitriles is 1. The van der Waals surface area contributed by atoms with Gasteiger partial charge in [-0.1, -0.05) is 30.4 Å². The summed E-state index contributed by atoms with van der Waals surface area (Å²) in [5, 5.41) is 15.2. The molecule has 40 heavy (non-hydrogen) atoms. The molecule has 0 radical (unpaired) electrons. The third-order valence-corrected chi connectivity index (χ3v) is 6.79. The van der Waals surface area contributed by atoms with Crippen LogP contribution < -0.4 is 10.6 Å². The molecule has 2 aromatic carbocycles. The van der Waals surface area contributed by atoms with Crippen molar-refractivity contribution in [3.05, 3.63) is 83.7 Å². The summed E-state index contributed by atoms with van der Waals surface area (Å²) in [7, 11) is 0. The van der Waals surface area contributed by atoms with Crippen molar-refractivity contribution < 1.29 is 9.59 Å². The summed E-state index contributed by atoms with van der Waals surface area (Å²) in [5.74, 6) is 0.362. The van der Waals surface area contributed by atoms with E-state index in [0.717, 1.165) is 46.4 Å². The molecule has 204 valence electrons. The number of hydrogen-bond acceptors (Lipinski definition) is 5. The lowest BCUT2D eigenvalue weighted by Gasteiger charge is -2.14. The van der Waals surface area contributed by atoms with E-state index in [1.54, 1.807) is 12.1 Å². The van der Waals surface area contributed by atoms with E-state index in [9.17, 15) is 14.9 Å². The van der Waals surface area contributed by atoms with Gasteiger partial charge in [0.25, 0.3) is 5.91 Å². The molecule has 0 atom stereocenters. The van der Waals surface area contributed by atoms with Gasteiger partial charge in [-0.15, -0.1) is 0 Å². The molecule has 1 saturated carbocycles. The van der Waals surface area contributed by atoms with Crippen LogP contribution in [0, 0.1) is 36.5 Å². The Balaban J connectivity index is 1.61. The summed E-state index contributed by atoms with van der Waals surface area (Å²) < 4.78 is 0. The van der Waals surface area contributed by atoms with Crippen molar-refractivity contribution in [3.63, 3.8) is 0 Å². The van der Waals surface area contributed by atoms with Gasteiger partial charge in [-0.2, -0.15) is 5.26 Å². The predicted molar refractivity (Wildman–Crippen MR) is 159 cm³/mol. The van der Waals surface area contributed by atoms with Gasteiger partial charge >= 0.3 is 0 Å². The molecule has 7 heteroatoms. The summed E-state index contributed by atoms with van der Waals surface area (Å²) in [6.45, 7) is 9.63. The predicted octanol–water partition coefficient (Wildman–Crippen LogP) is 7.16. The van der Waals surface area contributed by atoms with Crippen LogP contribution >= 0.6 is 0 Å². The zero-order valence-electron chi connectivity index (χ0n) is 23.7. The monoisotopic (exact) mass is 533 g/mol. The lowest BCUT2D eigenvalue weighted by Crippen LogP contribution is -2.15. The maximum Gasteiger partial charge on any atom is 0.255 e. The van der Waals surface area contributed by atoms with Gasteiger partial charge in [0, 0.05) is 28.8 Å². The number of carbonyl (C=O) groups excluding carboxylic acids is 2. The highest BCUT2D eigenvalue weighted by Gasteiger charge is 2.29. The number of benzene rings is 2. The van der Waals surface area contributed by atoms with Crippen molar-refractivity contribution in [2.75, 3.05) is 10.6 Å². The summed E-state index contributed by atoms with van der Waals surface area (Å²) in [5.41, 5.74) is 6.36. The Hall–Kier alpha value is -4.57. The first-order valence-electron chi connectivity index (χ1n) is 13.5. The molecule has 1 aromatic heterocycles. The van der Waals surface area contributed by atoms with Crippen LogP contribution in [0.1, 0.15) is 51.2 Å².